The number of benzene rings is 2. The van der Waals surface area contributed by atoms with Crippen LogP contribution in [0.3, 0.4) is 0 Å². The van der Waals surface area contributed by atoms with E-state index >= 15 is 0 Å². The Bertz CT molecular complexity index is 1280. The summed E-state index contributed by atoms with van der Waals surface area (Å²) < 4.78 is 5.86. The third-order valence-electron chi connectivity index (χ3n) is 6.41. The summed E-state index contributed by atoms with van der Waals surface area (Å²) in [6.07, 6.45) is 2.44. The molecule has 33 heavy (non-hydrogen) atoms. The first kappa shape index (κ1) is 22.1. The van der Waals surface area contributed by atoms with Crippen LogP contribution in [0.25, 0.3) is 21.9 Å². The molecule has 1 fully saturated rings. The smallest absolute Gasteiger partial charge is 0.121 e. The number of para-hydroxylation sites is 2. The molecule has 3 heterocycles. The Morgan fingerprint density at radius 1 is 1.18 bits per heavy atom. The van der Waals surface area contributed by atoms with Gasteiger partial charge in [-0.2, -0.15) is 0 Å². The highest BCUT2D eigenvalue weighted by Crippen LogP contribution is 2.33. The van der Waals surface area contributed by atoms with Gasteiger partial charge in [-0.25, -0.2) is 4.98 Å². The Morgan fingerprint density at radius 3 is 2.73 bits per heavy atom. The minimum atomic E-state index is -1.04. The normalized spacial score (nSPS) is 17.5. The number of ether oxygens (including phenoxy) is 1. The summed E-state index contributed by atoms with van der Waals surface area (Å²) in [5, 5.41) is 23.5. The zero-order chi connectivity index (χ0) is 23.0. The van der Waals surface area contributed by atoms with Gasteiger partial charge in [0.1, 0.15) is 17.6 Å². The molecule has 1 aliphatic heterocycles. The predicted molar refractivity (Wildman–Crippen MR) is 128 cm³/mol. The van der Waals surface area contributed by atoms with E-state index < -0.39 is 11.8 Å². The third-order valence-corrected chi connectivity index (χ3v) is 6.70. The molecule has 2 aromatic carbocycles. The summed E-state index contributed by atoms with van der Waals surface area (Å²) in [7, 11) is 0. The fraction of sp³-hybridized carbons (Fsp3) is 0.360. The molecule has 1 atom stereocenters. The highest BCUT2D eigenvalue weighted by atomic mass is 35.5. The van der Waals surface area contributed by atoms with Crippen LogP contribution in [-0.4, -0.2) is 56.0 Å². The minimum Gasteiger partial charge on any atom is -0.493 e. The van der Waals surface area contributed by atoms with Crippen molar-refractivity contribution >= 4 is 33.5 Å². The van der Waals surface area contributed by atoms with Crippen LogP contribution >= 0.6 is 11.6 Å². The maximum absolute atomic E-state index is 11.2. The molecule has 0 saturated carbocycles. The number of aryl methyl sites for hydroxylation is 1. The van der Waals surface area contributed by atoms with Crippen molar-refractivity contribution in [3.63, 3.8) is 0 Å². The van der Waals surface area contributed by atoms with Crippen molar-refractivity contribution in [2.45, 2.75) is 38.0 Å². The molecular formula is C25H27ClN4O3. The van der Waals surface area contributed by atoms with Crippen molar-refractivity contribution in [3.8, 4) is 5.75 Å². The van der Waals surface area contributed by atoms with E-state index in [1.165, 1.54) is 0 Å². The van der Waals surface area contributed by atoms with Crippen LogP contribution in [0, 0.1) is 6.92 Å². The molecule has 1 aliphatic rings. The van der Waals surface area contributed by atoms with E-state index in [1.54, 1.807) is 12.3 Å². The van der Waals surface area contributed by atoms with E-state index in [-0.39, 0.29) is 0 Å². The molecule has 1 unspecified atom stereocenters. The fourth-order valence-electron chi connectivity index (χ4n) is 4.49. The Labute approximate surface area is 197 Å². The number of aliphatic hydroxyl groups is 2. The summed E-state index contributed by atoms with van der Waals surface area (Å²) in [4.78, 5) is 14.3. The van der Waals surface area contributed by atoms with Crippen LogP contribution in [-0.2, 0) is 5.60 Å². The molecule has 8 heteroatoms. The van der Waals surface area contributed by atoms with E-state index in [4.69, 9.17) is 16.3 Å². The number of fused-ring (bicyclic) bond motifs is 2. The molecule has 0 bridgehead atoms. The lowest BCUT2D eigenvalue weighted by atomic mass is 9.88. The number of aromatic nitrogens is 3. The van der Waals surface area contributed by atoms with Gasteiger partial charge < -0.3 is 19.9 Å². The Hall–Kier alpha value is -2.71. The molecule has 0 aliphatic carbocycles. The number of hydrogen-bond donors (Lipinski definition) is 3. The van der Waals surface area contributed by atoms with E-state index in [0.717, 1.165) is 27.6 Å². The molecular weight excluding hydrogens is 440 g/mol. The molecule has 0 amide bonds. The monoisotopic (exact) mass is 466 g/mol. The van der Waals surface area contributed by atoms with Crippen molar-refractivity contribution in [1.29, 1.82) is 0 Å². The van der Waals surface area contributed by atoms with Crippen molar-refractivity contribution in [3.05, 3.63) is 65.1 Å². The first-order valence-electron chi connectivity index (χ1n) is 11.2. The van der Waals surface area contributed by atoms with Gasteiger partial charge >= 0.3 is 0 Å². The average Bonchev–Trinajstić information content (AvgIpc) is 3.20. The zero-order valence-electron chi connectivity index (χ0n) is 18.5. The number of aliphatic hydroxyl groups excluding tert-OH is 1. The standard InChI is InChI=1S/C25H27ClN4O3/c1-16-12-17-13-18(14-19(26)24(17)28-16)33-11-6-23(31)30-9-7-25(32,8-10-30)22-15-27-20-4-2-3-5-21(20)29-22/h2-5,12-15,23,28,31-32H,6-11H2,1H3. The first-order valence-corrected chi connectivity index (χ1v) is 11.6. The van der Waals surface area contributed by atoms with Gasteiger partial charge in [-0.3, -0.25) is 9.88 Å². The summed E-state index contributed by atoms with van der Waals surface area (Å²) in [5.41, 5.74) is 3.08. The van der Waals surface area contributed by atoms with Gasteiger partial charge in [0.15, 0.2) is 0 Å². The molecule has 0 spiro atoms. The highest BCUT2D eigenvalue weighted by Gasteiger charge is 2.37. The molecule has 1 saturated heterocycles. The Morgan fingerprint density at radius 2 is 1.94 bits per heavy atom. The number of nitrogens with zero attached hydrogens (tertiary/aromatic N) is 3. The maximum atomic E-state index is 11.2. The number of halogens is 1. The summed E-state index contributed by atoms with van der Waals surface area (Å²) in [6.45, 7) is 3.47. The minimum absolute atomic E-state index is 0.364. The lowest BCUT2D eigenvalue weighted by Gasteiger charge is -2.39. The zero-order valence-corrected chi connectivity index (χ0v) is 19.2. The second-order valence-electron chi connectivity index (χ2n) is 8.75. The van der Waals surface area contributed by atoms with Crippen LogP contribution in [0.1, 0.15) is 30.7 Å². The Kier molecular flexibility index (Phi) is 5.97. The van der Waals surface area contributed by atoms with Gasteiger partial charge in [-0.05, 0) is 44.0 Å². The van der Waals surface area contributed by atoms with E-state index in [1.807, 2.05) is 48.2 Å². The molecule has 3 N–H and O–H groups in total. The topological polar surface area (TPSA) is 94.5 Å². The van der Waals surface area contributed by atoms with Gasteiger partial charge in [0.25, 0.3) is 0 Å². The van der Waals surface area contributed by atoms with Gasteiger partial charge in [0.05, 0.1) is 40.1 Å². The number of hydrogen-bond acceptors (Lipinski definition) is 6. The summed E-state index contributed by atoms with van der Waals surface area (Å²) in [5.74, 6) is 0.682. The Balaban J connectivity index is 1.16. The van der Waals surface area contributed by atoms with Crippen LogP contribution < -0.4 is 4.74 Å². The van der Waals surface area contributed by atoms with Crippen molar-refractivity contribution in [2.75, 3.05) is 19.7 Å². The highest BCUT2D eigenvalue weighted by molar-refractivity contribution is 6.35. The first-order chi connectivity index (χ1) is 15.9. The van der Waals surface area contributed by atoms with Crippen molar-refractivity contribution < 1.29 is 14.9 Å². The van der Waals surface area contributed by atoms with Gasteiger partial charge in [-0.1, -0.05) is 23.7 Å². The lowest BCUT2D eigenvalue weighted by Crippen LogP contribution is -2.47. The quantitative estimate of drug-likeness (QED) is 0.395. The summed E-state index contributed by atoms with van der Waals surface area (Å²) in [6, 6.07) is 13.4. The maximum Gasteiger partial charge on any atom is 0.121 e. The number of H-pyrrole nitrogens is 1. The molecule has 172 valence electrons. The number of aromatic amines is 1. The van der Waals surface area contributed by atoms with Gasteiger partial charge in [0.2, 0.25) is 0 Å². The largest absolute Gasteiger partial charge is 0.493 e. The van der Waals surface area contributed by atoms with E-state index in [2.05, 4.69) is 15.0 Å². The molecule has 2 aromatic heterocycles. The van der Waals surface area contributed by atoms with E-state index in [0.29, 0.717) is 55.4 Å². The van der Waals surface area contributed by atoms with Crippen molar-refractivity contribution in [2.24, 2.45) is 0 Å². The molecule has 5 rings (SSSR count). The molecule has 0 radical (unpaired) electrons. The summed E-state index contributed by atoms with van der Waals surface area (Å²) >= 11 is 6.35. The third kappa shape index (κ3) is 4.54. The molecule has 4 aromatic rings. The van der Waals surface area contributed by atoms with Gasteiger partial charge in [0, 0.05) is 36.7 Å². The van der Waals surface area contributed by atoms with Crippen molar-refractivity contribution in [1.82, 2.24) is 19.9 Å². The average molecular weight is 467 g/mol. The van der Waals surface area contributed by atoms with Crippen LogP contribution in [0.4, 0.5) is 0 Å². The molecule has 7 nitrogen and oxygen atoms in total. The SMILES string of the molecule is Cc1cc2cc(OCCC(O)N3CCC(O)(c4cnc5ccccc5n4)CC3)cc(Cl)c2[nH]1. The van der Waals surface area contributed by atoms with Crippen LogP contribution in [0.2, 0.25) is 5.02 Å². The lowest BCUT2D eigenvalue weighted by molar-refractivity contribution is -0.0836. The van der Waals surface area contributed by atoms with Crippen LogP contribution in [0.5, 0.6) is 5.75 Å². The van der Waals surface area contributed by atoms with Crippen LogP contribution in [0.15, 0.2) is 48.7 Å². The second kappa shape index (κ2) is 8.91. The predicted octanol–water partition coefficient (Wildman–Crippen LogP) is 4.14. The number of piperidine rings is 1. The fourth-order valence-corrected chi connectivity index (χ4v) is 4.76. The second-order valence-corrected chi connectivity index (χ2v) is 9.16. The number of likely N-dealkylation sites (tertiary alicyclic amines) is 1. The van der Waals surface area contributed by atoms with Gasteiger partial charge in [-0.15, -0.1) is 0 Å². The van der Waals surface area contributed by atoms with E-state index in [9.17, 15) is 10.2 Å². The number of nitrogens with one attached hydrogen (secondary N) is 1. The number of rotatable bonds is 6.